The van der Waals surface area contributed by atoms with Crippen LogP contribution in [0.3, 0.4) is 0 Å². The Labute approximate surface area is 295 Å². The van der Waals surface area contributed by atoms with Gasteiger partial charge in [-0.15, -0.1) is 0 Å². The van der Waals surface area contributed by atoms with Gasteiger partial charge in [-0.05, 0) is 112 Å². The van der Waals surface area contributed by atoms with Gasteiger partial charge in [0, 0.05) is 10.8 Å². The Morgan fingerprint density at radius 3 is 1.63 bits per heavy atom. The summed E-state index contributed by atoms with van der Waals surface area (Å²) in [5.41, 5.74) is 11.7. The van der Waals surface area contributed by atoms with E-state index in [1.54, 1.807) is 0 Å². The van der Waals surface area contributed by atoms with Crippen LogP contribution in [0.25, 0.3) is 110 Å². The molecule has 0 radical (unpaired) electrons. The molecule has 0 amide bonds. The third-order valence-corrected chi connectivity index (χ3v) is 10.8. The Hall–Kier alpha value is -6.70. The van der Waals surface area contributed by atoms with Gasteiger partial charge >= 0.3 is 0 Å². The van der Waals surface area contributed by atoms with Crippen LogP contribution in [-0.4, -0.2) is 0 Å². The van der Waals surface area contributed by atoms with E-state index in [9.17, 15) is 0 Å². The highest BCUT2D eigenvalue weighted by atomic mass is 16.3. The van der Waals surface area contributed by atoms with Crippen molar-refractivity contribution in [2.75, 3.05) is 0 Å². The van der Waals surface area contributed by atoms with E-state index in [4.69, 9.17) is 4.42 Å². The molecule has 0 N–H and O–H groups in total. The van der Waals surface area contributed by atoms with E-state index < -0.39 is 0 Å². The maximum Gasteiger partial charge on any atom is 0.136 e. The van der Waals surface area contributed by atoms with E-state index in [0.717, 1.165) is 11.2 Å². The summed E-state index contributed by atoms with van der Waals surface area (Å²) in [5, 5.41) is 12.3. The monoisotopic (exact) mass is 646 g/mol. The van der Waals surface area contributed by atoms with Crippen LogP contribution >= 0.6 is 0 Å². The van der Waals surface area contributed by atoms with Gasteiger partial charge in [-0.3, -0.25) is 0 Å². The highest BCUT2D eigenvalue weighted by molar-refractivity contribution is 6.29. The molecule has 1 heterocycles. The predicted octanol–water partition coefficient (Wildman–Crippen LogP) is 14.3. The number of benzene rings is 10. The Morgan fingerprint density at radius 1 is 0.275 bits per heavy atom. The van der Waals surface area contributed by atoms with Crippen molar-refractivity contribution in [2.45, 2.75) is 0 Å². The fourth-order valence-electron chi connectivity index (χ4n) is 8.64. The lowest BCUT2D eigenvalue weighted by molar-refractivity contribution is 0.669. The van der Waals surface area contributed by atoms with Crippen molar-refractivity contribution in [1.82, 2.24) is 0 Å². The SMILES string of the molecule is c1ccc(-c2cc(-c3cccc4ccccc34)ccc2-c2c3ccccc3c(-c3ccc4oc5cccc6ccc3c4c65)c3ccccc23)cc1. The molecular formula is C50H30O. The number of hydrogen-bond donors (Lipinski definition) is 0. The molecule has 1 heteroatoms. The van der Waals surface area contributed by atoms with Crippen molar-refractivity contribution in [3.8, 4) is 44.5 Å². The molecule has 0 saturated heterocycles. The molecule has 0 bridgehead atoms. The molecule has 0 spiro atoms. The number of hydrogen-bond acceptors (Lipinski definition) is 1. The third kappa shape index (κ3) is 4.16. The second-order valence-corrected chi connectivity index (χ2v) is 13.5. The standard InChI is InChI=1S/C50H30O/c1-2-12-32(13-3-1)44-30-34(36-22-10-15-31-14-4-5-17-35(31)36)25-27-43(44)49-39-20-8-6-18-37(39)48(38-19-7-9-21-40(38)49)41-28-29-46-50-42(41)26-24-33-16-11-23-45(51-46)47(33)50/h1-30H. The minimum absolute atomic E-state index is 0.935. The zero-order chi connectivity index (χ0) is 33.5. The normalized spacial score (nSPS) is 11.9. The van der Waals surface area contributed by atoms with Gasteiger partial charge in [0.15, 0.2) is 0 Å². The van der Waals surface area contributed by atoms with Crippen molar-refractivity contribution in [1.29, 1.82) is 0 Å². The molecule has 236 valence electrons. The van der Waals surface area contributed by atoms with Crippen LogP contribution in [0.15, 0.2) is 186 Å². The molecule has 0 aliphatic heterocycles. The van der Waals surface area contributed by atoms with Gasteiger partial charge in [-0.1, -0.05) is 158 Å². The number of rotatable bonds is 4. The van der Waals surface area contributed by atoms with Crippen molar-refractivity contribution in [3.63, 3.8) is 0 Å². The van der Waals surface area contributed by atoms with E-state index in [-0.39, 0.29) is 0 Å². The first kappa shape index (κ1) is 28.2. The second kappa shape index (κ2) is 10.9. The van der Waals surface area contributed by atoms with Crippen molar-refractivity contribution < 1.29 is 4.42 Å². The summed E-state index contributed by atoms with van der Waals surface area (Å²) in [5.74, 6) is 0. The summed E-state index contributed by atoms with van der Waals surface area (Å²) in [7, 11) is 0. The van der Waals surface area contributed by atoms with Crippen LogP contribution in [0.1, 0.15) is 0 Å². The van der Waals surface area contributed by atoms with E-state index in [1.165, 1.54) is 98.4 Å². The van der Waals surface area contributed by atoms with E-state index in [0.29, 0.717) is 0 Å². The molecule has 10 aromatic carbocycles. The summed E-state index contributed by atoms with van der Waals surface area (Å²) in [6, 6.07) is 66.4. The minimum atomic E-state index is 0.935. The molecule has 0 unspecified atom stereocenters. The molecule has 0 aliphatic carbocycles. The van der Waals surface area contributed by atoms with Crippen LogP contribution < -0.4 is 0 Å². The third-order valence-electron chi connectivity index (χ3n) is 10.8. The zero-order valence-corrected chi connectivity index (χ0v) is 27.7. The van der Waals surface area contributed by atoms with Crippen molar-refractivity contribution >= 4 is 65.0 Å². The van der Waals surface area contributed by atoms with E-state index in [2.05, 4.69) is 182 Å². The summed E-state index contributed by atoms with van der Waals surface area (Å²) in [6.07, 6.45) is 0. The average molecular weight is 647 g/mol. The lowest BCUT2D eigenvalue weighted by Gasteiger charge is -2.21. The van der Waals surface area contributed by atoms with Crippen LogP contribution in [-0.2, 0) is 0 Å². The largest absolute Gasteiger partial charge is 0.456 e. The lowest BCUT2D eigenvalue weighted by Crippen LogP contribution is -1.94. The molecule has 1 nitrogen and oxygen atoms in total. The molecule has 1 aromatic heterocycles. The highest BCUT2D eigenvalue weighted by Crippen LogP contribution is 2.49. The van der Waals surface area contributed by atoms with Gasteiger partial charge in [-0.2, -0.15) is 0 Å². The molecule has 0 aliphatic rings. The maximum absolute atomic E-state index is 6.38. The topological polar surface area (TPSA) is 13.1 Å². The first-order chi connectivity index (χ1) is 25.3. The van der Waals surface area contributed by atoms with Crippen LogP contribution in [0.5, 0.6) is 0 Å². The van der Waals surface area contributed by atoms with Crippen molar-refractivity contribution in [2.24, 2.45) is 0 Å². The van der Waals surface area contributed by atoms with Gasteiger partial charge in [0.1, 0.15) is 11.2 Å². The molecule has 51 heavy (non-hydrogen) atoms. The quantitative estimate of drug-likeness (QED) is 0.137. The van der Waals surface area contributed by atoms with Crippen LogP contribution in [0.2, 0.25) is 0 Å². The van der Waals surface area contributed by atoms with Gasteiger partial charge in [-0.25, -0.2) is 0 Å². The molecule has 11 aromatic rings. The van der Waals surface area contributed by atoms with E-state index >= 15 is 0 Å². The smallest absolute Gasteiger partial charge is 0.136 e. The zero-order valence-electron chi connectivity index (χ0n) is 27.7. The fraction of sp³-hybridized carbons (Fsp3) is 0. The summed E-state index contributed by atoms with van der Waals surface area (Å²) in [4.78, 5) is 0. The predicted molar refractivity (Wildman–Crippen MR) is 217 cm³/mol. The first-order valence-corrected chi connectivity index (χ1v) is 17.6. The molecule has 0 saturated carbocycles. The lowest BCUT2D eigenvalue weighted by atomic mass is 9.82. The summed E-state index contributed by atoms with van der Waals surface area (Å²) in [6.45, 7) is 0. The summed E-state index contributed by atoms with van der Waals surface area (Å²) >= 11 is 0. The maximum atomic E-state index is 6.38. The number of fused-ring (bicyclic) bond motifs is 3. The van der Waals surface area contributed by atoms with E-state index in [1.807, 2.05) is 0 Å². The van der Waals surface area contributed by atoms with Gasteiger partial charge in [0.2, 0.25) is 0 Å². The molecular weight excluding hydrogens is 617 g/mol. The first-order valence-electron chi connectivity index (χ1n) is 17.6. The van der Waals surface area contributed by atoms with Crippen LogP contribution in [0, 0.1) is 0 Å². The van der Waals surface area contributed by atoms with Gasteiger partial charge < -0.3 is 4.42 Å². The van der Waals surface area contributed by atoms with Crippen LogP contribution in [0.4, 0.5) is 0 Å². The molecule has 11 rings (SSSR count). The molecule has 0 atom stereocenters. The minimum Gasteiger partial charge on any atom is -0.456 e. The Morgan fingerprint density at radius 2 is 0.863 bits per heavy atom. The average Bonchev–Trinajstić information content (AvgIpc) is 3.59. The Kier molecular flexibility index (Phi) is 6.02. The highest BCUT2D eigenvalue weighted by Gasteiger charge is 2.22. The van der Waals surface area contributed by atoms with Crippen molar-refractivity contribution in [3.05, 3.63) is 182 Å². The second-order valence-electron chi connectivity index (χ2n) is 13.5. The number of furan rings is 1. The van der Waals surface area contributed by atoms with Gasteiger partial charge in [0.25, 0.3) is 0 Å². The Bertz CT molecular complexity index is 3070. The Balaban J connectivity index is 1.23. The summed E-state index contributed by atoms with van der Waals surface area (Å²) < 4.78 is 6.38. The molecule has 0 fully saturated rings. The van der Waals surface area contributed by atoms with Gasteiger partial charge in [0.05, 0.1) is 0 Å². The fourth-order valence-corrected chi connectivity index (χ4v) is 8.64.